The summed E-state index contributed by atoms with van der Waals surface area (Å²) in [5.74, 6) is -0.354. The van der Waals surface area contributed by atoms with Crippen LogP contribution in [0.4, 0.5) is 4.39 Å². The van der Waals surface area contributed by atoms with Gasteiger partial charge in [-0.05, 0) is 56.3 Å². The Balaban J connectivity index is 1.95. The molecule has 1 N–H and O–H groups in total. The maximum atomic E-state index is 13.2. The van der Waals surface area contributed by atoms with Crippen molar-refractivity contribution in [3.63, 3.8) is 0 Å². The van der Waals surface area contributed by atoms with Crippen LogP contribution in [0.15, 0.2) is 18.2 Å². The van der Waals surface area contributed by atoms with Gasteiger partial charge in [0.2, 0.25) is 0 Å². The molecule has 1 aliphatic rings. The third kappa shape index (κ3) is 4.72. The van der Waals surface area contributed by atoms with E-state index in [1.165, 1.54) is 6.07 Å². The van der Waals surface area contributed by atoms with Crippen molar-refractivity contribution in [2.75, 3.05) is 13.2 Å². The van der Waals surface area contributed by atoms with Crippen LogP contribution in [0.1, 0.15) is 38.2 Å². The van der Waals surface area contributed by atoms with Gasteiger partial charge in [-0.25, -0.2) is 4.39 Å². The van der Waals surface area contributed by atoms with Gasteiger partial charge in [0.1, 0.15) is 5.82 Å². The Kier molecular flexibility index (Phi) is 6.27. The van der Waals surface area contributed by atoms with Crippen molar-refractivity contribution in [2.45, 2.75) is 51.2 Å². The molecular formula is C16H23ClFNO. The molecule has 2 atom stereocenters. The Morgan fingerprint density at radius 2 is 2.35 bits per heavy atom. The Labute approximate surface area is 125 Å². The first-order valence-electron chi connectivity index (χ1n) is 7.48. The minimum Gasteiger partial charge on any atom is -0.378 e. The Hall–Kier alpha value is -0.640. The van der Waals surface area contributed by atoms with E-state index in [0.717, 1.165) is 50.8 Å². The topological polar surface area (TPSA) is 21.3 Å². The van der Waals surface area contributed by atoms with E-state index in [0.29, 0.717) is 12.1 Å². The molecule has 0 spiro atoms. The van der Waals surface area contributed by atoms with E-state index in [2.05, 4.69) is 12.2 Å². The summed E-state index contributed by atoms with van der Waals surface area (Å²) in [6.07, 6.45) is 5.64. The molecule has 4 heteroatoms. The summed E-state index contributed by atoms with van der Waals surface area (Å²) in [5.41, 5.74) is 1.07. The lowest BCUT2D eigenvalue weighted by atomic mass is 9.99. The predicted molar refractivity (Wildman–Crippen MR) is 80.8 cm³/mol. The van der Waals surface area contributed by atoms with Crippen LogP contribution in [-0.2, 0) is 11.2 Å². The number of rotatable bonds is 7. The first-order chi connectivity index (χ1) is 9.69. The third-order valence-corrected chi connectivity index (χ3v) is 4.01. The molecule has 20 heavy (non-hydrogen) atoms. The first-order valence-corrected chi connectivity index (χ1v) is 7.85. The van der Waals surface area contributed by atoms with Crippen LogP contribution in [0.3, 0.4) is 0 Å². The summed E-state index contributed by atoms with van der Waals surface area (Å²) < 4.78 is 18.9. The molecule has 0 bridgehead atoms. The monoisotopic (exact) mass is 299 g/mol. The lowest BCUT2D eigenvalue weighted by Gasteiger charge is -2.22. The molecule has 1 aromatic rings. The van der Waals surface area contributed by atoms with Gasteiger partial charge in [-0.1, -0.05) is 24.6 Å². The van der Waals surface area contributed by atoms with Gasteiger partial charge in [0.25, 0.3) is 0 Å². The van der Waals surface area contributed by atoms with E-state index >= 15 is 0 Å². The standard InChI is InChI=1S/C16H23ClFNO/c1-2-7-19-13(11-14-4-3-8-20-14)9-12-5-6-16(18)15(17)10-12/h5-6,10,13-14,19H,2-4,7-9,11H2,1H3. The highest BCUT2D eigenvalue weighted by Crippen LogP contribution is 2.21. The molecule has 1 aliphatic heterocycles. The van der Waals surface area contributed by atoms with E-state index in [-0.39, 0.29) is 10.8 Å². The molecule has 2 unspecified atom stereocenters. The van der Waals surface area contributed by atoms with Crippen LogP contribution in [0.2, 0.25) is 5.02 Å². The number of hydrogen-bond acceptors (Lipinski definition) is 2. The Morgan fingerprint density at radius 1 is 1.50 bits per heavy atom. The molecule has 1 saturated heterocycles. The fourth-order valence-corrected chi connectivity index (χ4v) is 2.89. The summed E-state index contributed by atoms with van der Waals surface area (Å²) in [7, 11) is 0. The van der Waals surface area contributed by atoms with E-state index in [9.17, 15) is 4.39 Å². The number of hydrogen-bond donors (Lipinski definition) is 1. The molecule has 112 valence electrons. The maximum Gasteiger partial charge on any atom is 0.141 e. The largest absolute Gasteiger partial charge is 0.378 e. The number of ether oxygens (including phenoxy) is 1. The van der Waals surface area contributed by atoms with Gasteiger partial charge >= 0.3 is 0 Å². The van der Waals surface area contributed by atoms with Crippen LogP contribution < -0.4 is 5.32 Å². The molecule has 0 radical (unpaired) electrons. The minimum absolute atomic E-state index is 0.203. The van der Waals surface area contributed by atoms with Crippen molar-refractivity contribution in [2.24, 2.45) is 0 Å². The summed E-state index contributed by atoms with van der Waals surface area (Å²) in [6, 6.07) is 5.35. The zero-order valence-corrected chi connectivity index (χ0v) is 12.8. The molecule has 2 nitrogen and oxygen atoms in total. The molecule has 1 heterocycles. The van der Waals surface area contributed by atoms with Crippen molar-refractivity contribution >= 4 is 11.6 Å². The molecule has 1 fully saturated rings. The molecule has 0 saturated carbocycles. The summed E-state index contributed by atoms with van der Waals surface area (Å²) in [5, 5.41) is 3.76. The maximum absolute atomic E-state index is 13.2. The smallest absolute Gasteiger partial charge is 0.141 e. The van der Waals surface area contributed by atoms with Gasteiger partial charge in [-0.3, -0.25) is 0 Å². The summed E-state index contributed by atoms with van der Waals surface area (Å²) >= 11 is 5.85. The average Bonchev–Trinajstić information content (AvgIpc) is 2.93. The quantitative estimate of drug-likeness (QED) is 0.823. The fraction of sp³-hybridized carbons (Fsp3) is 0.625. The van der Waals surface area contributed by atoms with E-state index in [1.807, 2.05) is 6.07 Å². The first kappa shape index (κ1) is 15.7. The average molecular weight is 300 g/mol. The molecule has 1 aromatic carbocycles. The van der Waals surface area contributed by atoms with Crippen LogP contribution in [0.5, 0.6) is 0 Å². The number of nitrogens with one attached hydrogen (secondary N) is 1. The highest BCUT2D eigenvalue weighted by Gasteiger charge is 2.21. The van der Waals surface area contributed by atoms with Crippen LogP contribution in [-0.4, -0.2) is 25.3 Å². The highest BCUT2D eigenvalue weighted by molar-refractivity contribution is 6.30. The Bertz CT molecular complexity index is 421. The lowest BCUT2D eigenvalue weighted by Crippen LogP contribution is -2.35. The van der Waals surface area contributed by atoms with Crippen molar-refractivity contribution in [3.8, 4) is 0 Å². The van der Waals surface area contributed by atoms with Crippen LogP contribution in [0.25, 0.3) is 0 Å². The van der Waals surface area contributed by atoms with E-state index < -0.39 is 0 Å². The lowest BCUT2D eigenvalue weighted by molar-refractivity contribution is 0.0946. The number of halogens is 2. The van der Waals surface area contributed by atoms with Gasteiger partial charge in [-0.2, -0.15) is 0 Å². The van der Waals surface area contributed by atoms with Gasteiger partial charge in [0.05, 0.1) is 11.1 Å². The number of benzene rings is 1. The fourth-order valence-electron chi connectivity index (χ4n) is 2.69. The molecule has 0 amide bonds. The van der Waals surface area contributed by atoms with Crippen molar-refractivity contribution in [1.29, 1.82) is 0 Å². The molecule has 2 rings (SSSR count). The second-order valence-electron chi connectivity index (χ2n) is 5.47. The van der Waals surface area contributed by atoms with E-state index in [4.69, 9.17) is 16.3 Å². The zero-order chi connectivity index (χ0) is 14.4. The van der Waals surface area contributed by atoms with Crippen LogP contribution >= 0.6 is 11.6 Å². The van der Waals surface area contributed by atoms with Gasteiger partial charge in [-0.15, -0.1) is 0 Å². The predicted octanol–water partition coefficient (Wildman–Crippen LogP) is 3.96. The summed E-state index contributed by atoms with van der Waals surface area (Å²) in [4.78, 5) is 0. The Morgan fingerprint density at radius 3 is 3.00 bits per heavy atom. The van der Waals surface area contributed by atoms with E-state index in [1.54, 1.807) is 6.07 Å². The second kappa shape index (κ2) is 7.96. The third-order valence-electron chi connectivity index (χ3n) is 3.72. The van der Waals surface area contributed by atoms with Gasteiger partial charge < -0.3 is 10.1 Å². The highest BCUT2D eigenvalue weighted by atomic mass is 35.5. The summed E-state index contributed by atoms with van der Waals surface area (Å²) in [6.45, 7) is 4.03. The van der Waals surface area contributed by atoms with Gasteiger partial charge in [0.15, 0.2) is 0 Å². The normalized spacial score (nSPS) is 20.2. The zero-order valence-electron chi connectivity index (χ0n) is 12.0. The van der Waals surface area contributed by atoms with Crippen LogP contribution in [0, 0.1) is 5.82 Å². The SMILES string of the molecule is CCCNC(Cc1ccc(F)c(Cl)c1)CC1CCCO1. The minimum atomic E-state index is -0.354. The molecule has 0 aromatic heterocycles. The molecular weight excluding hydrogens is 277 g/mol. The molecule has 0 aliphatic carbocycles. The van der Waals surface area contributed by atoms with Crippen molar-refractivity contribution in [1.82, 2.24) is 5.32 Å². The second-order valence-corrected chi connectivity index (χ2v) is 5.88. The van der Waals surface area contributed by atoms with Gasteiger partial charge in [0, 0.05) is 12.6 Å². The van der Waals surface area contributed by atoms with Crippen molar-refractivity contribution in [3.05, 3.63) is 34.6 Å². The van der Waals surface area contributed by atoms with Crippen molar-refractivity contribution < 1.29 is 9.13 Å².